The second-order valence-electron chi connectivity index (χ2n) is 5.07. The molecule has 0 bridgehead atoms. The van der Waals surface area contributed by atoms with Gasteiger partial charge in [-0.1, -0.05) is 64.5 Å². The standard InChI is InChI=1S/C18H15BrF3NO3/c19-15-9-8-14(16(11-15)26-18(20,21)22)7-4-10-23-17(24)25-12-13-5-2-1-3-6-13/h1-9,11H,10,12H2,(H,23,24). The SMILES string of the molecule is O=C(NCC=Cc1ccc(Br)cc1OC(F)(F)F)OCc1ccccc1. The molecule has 4 nitrogen and oxygen atoms in total. The van der Waals surface area contributed by atoms with Gasteiger partial charge < -0.3 is 14.8 Å². The summed E-state index contributed by atoms with van der Waals surface area (Å²) in [5.74, 6) is -0.338. The quantitative estimate of drug-likeness (QED) is 0.678. The summed E-state index contributed by atoms with van der Waals surface area (Å²) in [7, 11) is 0. The highest BCUT2D eigenvalue weighted by atomic mass is 79.9. The first-order valence-electron chi connectivity index (χ1n) is 7.50. The Bertz CT molecular complexity index is 764. The second-order valence-corrected chi connectivity index (χ2v) is 5.99. The third kappa shape index (κ3) is 7.18. The lowest BCUT2D eigenvalue weighted by Crippen LogP contribution is -2.24. The number of alkyl halides is 3. The van der Waals surface area contributed by atoms with Gasteiger partial charge in [-0.2, -0.15) is 0 Å². The van der Waals surface area contributed by atoms with Crippen LogP contribution in [0.25, 0.3) is 6.08 Å². The summed E-state index contributed by atoms with van der Waals surface area (Å²) < 4.78 is 46.8. The summed E-state index contributed by atoms with van der Waals surface area (Å²) in [6.07, 6.45) is -2.49. The van der Waals surface area contributed by atoms with Gasteiger partial charge in [0.1, 0.15) is 12.4 Å². The second kappa shape index (κ2) is 9.28. The number of alkyl carbamates (subject to hydrolysis) is 1. The molecule has 0 aliphatic heterocycles. The average Bonchev–Trinajstić information content (AvgIpc) is 2.58. The zero-order valence-electron chi connectivity index (χ0n) is 13.4. The highest BCUT2D eigenvalue weighted by molar-refractivity contribution is 9.10. The van der Waals surface area contributed by atoms with E-state index in [1.165, 1.54) is 24.3 Å². The normalized spacial score (nSPS) is 11.4. The summed E-state index contributed by atoms with van der Waals surface area (Å²) in [6, 6.07) is 13.4. The molecule has 2 aromatic rings. The molecule has 2 aromatic carbocycles. The van der Waals surface area contributed by atoms with Gasteiger partial charge >= 0.3 is 12.5 Å². The Labute approximate surface area is 156 Å². The number of ether oxygens (including phenoxy) is 2. The third-order valence-corrected chi connectivity index (χ3v) is 3.57. The van der Waals surface area contributed by atoms with Crippen LogP contribution in [0.1, 0.15) is 11.1 Å². The fourth-order valence-electron chi connectivity index (χ4n) is 1.96. The summed E-state index contributed by atoms with van der Waals surface area (Å²) in [5.41, 5.74) is 1.08. The number of rotatable bonds is 6. The molecule has 2 rings (SSSR count). The van der Waals surface area contributed by atoms with E-state index in [0.29, 0.717) is 4.47 Å². The Morgan fingerprint density at radius 3 is 2.58 bits per heavy atom. The molecule has 0 aromatic heterocycles. The monoisotopic (exact) mass is 429 g/mol. The van der Waals surface area contributed by atoms with E-state index >= 15 is 0 Å². The van der Waals surface area contributed by atoms with E-state index in [1.54, 1.807) is 6.07 Å². The fourth-order valence-corrected chi connectivity index (χ4v) is 2.30. The molecule has 26 heavy (non-hydrogen) atoms. The van der Waals surface area contributed by atoms with E-state index in [9.17, 15) is 18.0 Å². The third-order valence-electron chi connectivity index (χ3n) is 3.08. The van der Waals surface area contributed by atoms with Gasteiger partial charge in [-0.3, -0.25) is 0 Å². The predicted molar refractivity (Wildman–Crippen MR) is 94.5 cm³/mol. The maximum atomic E-state index is 12.4. The van der Waals surface area contributed by atoms with Crippen molar-refractivity contribution in [2.24, 2.45) is 0 Å². The van der Waals surface area contributed by atoms with Gasteiger partial charge in [0, 0.05) is 16.6 Å². The van der Waals surface area contributed by atoms with Crippen molar-refractivity contribution in [1.82, 2.24) is 5.32 Å². The van der Waals surface area contributed by atoms with Crippen LogP contribution in [0.15, 0.2) is 59.1 Å². The highest BCUT2D eigenvalue weighted by Crippen LogP contribution is 2.30. The zero-order chi connectivity index (χ0) is 19.0. The van der Waals surface area contributed by atoms with Crippen LogP contribution in [0.3, 0.4) is 0 Å². The van der Waals surface area contributed by atoms with Crippen molar-refractivity contribution in [2.45, 2.75) is 13.0 Å². The number of hydrogen-bond donors (Lipinski definition) is 1. The summed E-state index contributed by atoms with van der Waals surface area (Å²) in [4.78, 5) is 11.6. The van der Waals surface area contributed by atoms with Crippen LogP contribution < -0.4 is 10.1 Å². The minimum Gasteiger partial charge on any atom is -0.445 e. The molecule has 1 N–H and O–H groups in total. The van der Waals surface area contributed by atoms with Crippen molar-refractivity contribution >= 4 is 28.1 Å². The van der Waals surface area contributed by atoms with Crippen molar-refractivity contribution in [3.8, 4) is 5.75 Å². The molecule has 0 unspecified atom stereocenters. The van der Waals surface area contributed by atoms with Crippen molar-refractivity contribution in [1.29, 1.82) is 0 Å². The summed E-state index contributed by atoms with van der Waals surface area (Å²) >= 11 is 3.10. The van der Waals surface area contributed by atoms with Crippen LogP contribution in [-0.2, 0) is 11.3 Å². The maximum absolute atomic E-state index is 12.4. The predicted octanol–water partition coefficient (Wildman–Crippen LogP) is 5.29. The van der Waals surface area contributed by atoms with Gasteiger partial charge in [0.2, 0.25) is 0 Å². The fraction of sp³-hybridized carbons (Fsp3) is 0.167. The molecule has 8 heteroatoms. The smallest absolute Gasteiger partial charge is 0.445 e. The molecule has 0 radical (unpaired) electrons. The van der Waals surface area contributed by atoms with E-state index in [1.807, 2.05) is 30.3 Å². The number of carbonyl (C=O) groups is 1. The summed E-state index contributed by atoms with van der Waals surface area (Å²) in [5, 5.41) is 2.48. The molecule has 0 heterocycles. The molecule has 138 valence electrons. The molecule has 1 amide bonds. The van der Waals surface area contributed by atoms with Crippen LogP contribution in [0.5, 0.6) is 5.75 Å². The molecular weight excluding hydrogens is 415 g/mol. The molecule has 0 saturated carbocycles. The molecule has 0 atom stereocenters. The number of benzene rings is 2. The van der Waals surface area contributed by atoms with Crippen molar-refractivity contribution in [3.63, 3.8) is 0 Å². The zero-order valence-corrected chi connectivity index (χ0v) is 15.0. The molecule has 0 aliphatic rings. The van der Waals surface area contributed by atoms with E-state index < -0.39 is 12.5 Å². The molecular formula is C18H15BrF3NO3. The Hall–Kier alpha value is -2.48. The van der Waals surface area contributed by atoms with Crippen molar-refractivity contribution < 1.29 is 27.4 Å². The summed E-state index contributed by atoms with van der Waals surface area (Å²) in [6.45, 7) is 0.224. The number of nitrogens with one attached hydrogen (secondary N) is 1. The van der Waals surface area contributed by atoms with Gasteiger partial charge in [0.25, 0.3) is 0 Å². The van der Waals surface area contributed by atoms with Gasteiger partial charge in [0.05, 0.1) is 0 Å². The van der Waals surface area contributed by atoms with E-state index in [2.05, 4.69) is 26.0 Å². The molecule has 0 saturated heterocycles. The number of halogens is 4. The van der Waals surface area contributed by atoms with Gasteiger partial charge in [-0.15, -0.1) is 13.2 Å². The van der Waals surface area contributed by atoms with Crippen LogP contribution in [-0.4, -0.2) is 19.0 Å². The van der Waals surface area contributed by atoms with Gasteiger partial charge in [-0.25, -0.2) is 4.79 Å². The van der Waals surface area contributed by atoms with E-state index in [4.69, 9.17) is 4.74 Å². The minimum absolute atomic E-state index is 0.0924. The van der Waals surface area contributed by atoms with Crippen LogP contribution in [0.4, 0.5) is 18.0 Å². The topological polar surface area (TPSA) is 47.6 Å². The lowest BCUT2D eigenvalue weighted by Gasteiger charge is -2.11. The first kappa shape index (κ1) is 19.8. The Morgan fingerprint density at radius 1 is 1.15 bits per heavy atom. The van der Waals surface area contributed by atoms with E-state index in [-0.39, 0.29) is 24.5 Å². The van der Waals surface area contributed by atoms with Crippen molar-refractivity contribution in [3.05, 3.63) is 70.2 Å². The van der Waals surface area contributed by atoms with Crippen LogP contribution in [0, 0.1) is 0 Å². The van der Waals surface area contributed by atoms with Gasteiger partial charge in [-0.05, 0) is 17.7 Å². The molecule has 0 fully saturated rings. The Balaban J connectivity index is 1.85. The van der Waals surface area contributed by atoms with Gasteiger partial charge in [0.15, 0.2) is 0 Å². The first-order valence-corrected chi connectivity index (χ1v) is 8.29. The highest BCUT2D eigenvalue weighted by Gasteiger charge is 2.31. The van der Waals surface area contributed by atoms with Crippen LogP contribution in [0.2, 0.25) is 0 Å². The average molecular weight is 430 g/mol. The Kier molecular flexibility index (Phi) is 7.08. The Morgan fingerprint density at radius 2 is 1.88 bits per heavy atom. The number of amides is 1. The first-order chi connectivity index (χ1) is 12.3. The lowest BCUT2D eigenvalue weighted by atomic mass is 10.2. The largest absolute Gasteiger partial charge is 0.573 e. The van der Waals surface area contributed by atoms with Crippen LogP contribution >= 0.6 is 15.9 Å². The number of carbonyl (C=O) groups excluding carboxylic acids is 1. The lowest BCUT2D eigenvalue weighted by molar-refractivity contribution is -0.274. The minimum atomic E-state index is -4.79. The maximum Gasteiger partial charge on any atom is 0.573 e. The van der Waals surface area contributed by atoms with Crippen molar-refractivity contribution in [2.75, 3.05) is 6.54 Å². The molecule has 0 spiro atoms. The number of hydrogen-bond acceptors (Lipinski definition) is 3. The van der Waals surface area contributed by atoms with E-state index in [0.717, 1.165) is 5.56 Å². The molecule has 0 aliphatic carbocycles.